The number of hydrogen-bond donors (Lipinski definition) is 1. The lowest BCUT2D eigenvalue weighted by Gasteiger charge is -2.03. The second-order valence-electron chi connectivity index (χ2n) is 2.79. The van der Waals surface area contributed by atoms with Gasteiger partial charge in [-0.1, -0.05) is 0 Å². The van der Waals surface area contributed by atoms with Crippen molar-refractivity contribution in [2.75, 3.05) is 7.11 Å². The zero-order valence-corrected chi connectivity index (χ0v) is 7.28. The topological polar surface area (TPSA) is 42.6 Å². The normalized spacial score (nSPS) is 10.6. The Morgan fingerprint density at radius 2 is 2.31 bits per heavy atom. The largest absolute Gasteiger partial charge is 0.496 e. The molecule has 68 valence electrons. The van der Waals surface area contributed by atoms with E-state index in [1.54, 1.807) is 25.5 Å². The van der Waals surface area contributed by atoms with Crippen molar-refractivity contribution in [2.24, 2.45) is 0 Å². The number of methoxy groups -OCH3 is 1. The lowest BCUT2D eigenvalue weighted by Crippen LogP contribution is -1.87. The molecule has 0 saturated heterocycles. The summed E-state index contributed by atoms with van der Waals surface area (Å²) in [6, 6.07) is 5.45. The molecule has 1 aromatic heterocycles. The highest BCUT2D eigenvalue weighted by Gasteiger charge is 2.05. The molecule has 1 aromatic carbocycles. The second-order valence-corrected chi connectivity index (χ2v) is 2.79. The predicted octanol–water partition coefficient (Wildman–Crippen LogP) is 1.93. The zero-order valence-electron chi connectivity index (χ0n) is 7.28. The third-order valence-electron chi connectivity index (χ3n) is 2.00. The van der Waals surface area contributed by atoms with E-state index in [0.29, 0.717) is 0 Å². The van der Waals surface area contributed by atoms with E-state index in [9.17, 15) is 0 Å². The van der Waals surface area contributed by atoms with Gasteiger partial charge in [-0.2, -0.15) is 0 Å². The maximum absolute atomic E-state index is 8.96. The molecule has 1 heterocycles. The number of fused-ring (bicyclic) bond motifs is 1. The zero-order chi connectivity index (χ0) is 9.26. The second kappa shape index (κ2) is 3.11. The summed E-state index contributed by atoms with van der Waals surface area (Å²) < 4.78 is 10.4. The van der Waals surface area contributed by atoms with Crippen LogP contribution in [0.15, 0.2) is 28.9 Å². The van der Waals surface area contributed by atoms with Crippen LogP contribution in [0, 0.1) is 0 Å². The van der Waals surface area contributed by atoms with E-state index in [1.165, 1.54) is 0 Å². The van der Waals surface area contributed by atoms with E-state index < -0.39 is 0 Å². The molecule has 0 spiro atoms. The molecule has 0 bridgehead atoms. The lowest BCUT2D eigenvalue weighted by atomic mass is 10.1. The SMILES string of the molecule is COc1cc(CO)cc2occc12. The number of hydrogen-bond acceptors (Lipinski definition) is 3. The van der Waals surface area contributed by atoms with Gasteiger partial charge >= 0.3 is 0 Å². The molecule has 1 N–H and O–H groups in total. The molecule has 2 rings (SSSR count). The van der Waals surface area contributed by atoms with Crippen LogP contribution in [0.25, 0.3) is 11.0 Å². The van der Waals surface area contributed by atoms with E-state index in [2.05, 4.69) is 0 Å². The van der Waals surface area contributed by atoms with Gasteiger partial charge in [0, 0.05) is 0 Å². The summed E-state index contributed by atoms with van der Waals surface area (Å²) in [5.41, 5.74) is 1.53. The minimum atomic E-state index is -0.00694. The maximum Gasteiger partial charge on any atom is 0.137 e. The van der Waals surface area contributed by atoms with E-state index >= 15 is 0 Å². The fourth-order valence-electron chi connectivity index (χ4n) is 1.35. The molecule has 0 radical (unpaired) electrons. The Morgan fingerprint density at radius 3 is 3.00 bits per heavy atom. The number of aliphatic hydroxyl groups is 1. The first kappa shape index (κ1) is 8.13. The monoisotopic (exact) mass is 178 g/mol. The van der Waals surface area contributed by atoms with Crippen LogP contribution < -0.4 is 4.74 Å². The average Bonchev–Trinajstić information content (AvgIpc) is 2.63. The van der Waals surface area contributed by atoms with Gasteiger partial charge in [-0.25, -0.2) is 0 Å². The number of ether oxygens (including phenoxy) is 1. The first-order chi connectivity index (χ1) is 6.35. The quantitative estimate of drug-likeness (QED) is 0.764. The summed E-state index contributed by atoms with van der Waals surface area (Å²) in [5, 5.41) is 9.89. The molecule has 3 nitrogen and oxygen atoms in total. The Bertz CT molecular complexity index is 417. The highest BCUT2D eigenvalue weighted by molar-refractivity contribution is 5.84. The molecular formula is C10H10O3. The average molecular weight is 178 g/mol. The Labute approximate surface area is 75.5 Å². The Morgan fingerprint density at radius 1 is 1.46 bits per heavy atom. The summed E-state index contributed by atoms with van der Waals surface area (Å²) in [4.78, 5) is 0. The molecule has 0 amide bonds. The van der Waals surface area contributed by atoms with E-state index in [4.69, 9.17) is 14.3 Å². The van der Waals surface area contributed by atoms with E-state index in [-0.39, 0.29) is 6.61 Å². The van der Waals surface area contributed by atoms with Gasteiger partial charge in [0.2, 0.25) is 0 Å². The van der Waals surface area contributed by atoms with Crippen LogP contribution >= 0.6 is 0 Å². The van der Waals surface area contributed by atoms with Crippen molar-refractivity contribution in [1.82, 2.24) is 0 Å². The van der Waals surface area contributed by atoms with E-state index in [0.717, 1.165) is 22.3 Å². The maximum atomic E-state index is 8.96. The van der Waals surface area contributed by atoms with Crippen LogP contribution in [0.1, 0.15) is 5.56 Å². The minimum absolute atomic E-state index is 0.00694. The van der Waals surface area contributed by atoms with Gasteiger partial charge in [0.15, 0.2) is 0 Å². The van der Waals surface area contributed by atoms with Crippen LogP contribution in [0.2, 0.25) is 0 Å². The van der Waals surface area contributed by atoms with Crippen molar-refractivity contribution < 1.29 is 14.3 Å². The Kier molecular flexibility index (Phi) is 1.94. The predicted molar refractivity (Wildman–Crippen MR) is 48.7 cm³/mol. The van der Waals surface area contributed by atoms with Crippen LogP contribution in [-0.4, -0.2) is 12.2 Å². The summed E-state index contributed by atoms with van der Waals surface area (Å²) in [7, 11) is 1.60. The number of furan rings is 1. The van der Waals surface area contributed by atoms with Gasteiger partial charge in [-0.05, 0) is 23.8 Å². The van der Waals surface area contributed by atoms with Crippen molar-refractivity contribution >= 4 is 11.0 Å². The molecule has 2 aromatic rings. The minimum Gasteiger partial charge on any atom is -0.496 e. The number of aliphatic hydroxyl groups excluding tert-OH is 1. The molecule has 13 heavy (non-hydrogen) atoms. The van der Waals surface area contributed by atoms with Gasteiger partial charge < -0.3 is 14.3 Å². The van der Waals surface area contributed by atoms with Crippen molar-refractivity contribution in [1.29, 1.82) is 0 Å². The van der Waals surface area contributed by atoms with Crippen LogP contribution in [0.5, 0.6) is 5.75 Å². The molecule has 0 atom stereocenters. The Hall–Kier alpha value is -1.48. The van der Waals surface area contributed by atoms with E-state index in [1.807, 2.05) is 6.07 Å². The van der Waals surface area contributed by atoms with Gasteiger partial charge in [0.1, 0.15) is 11.3 Å². The lowest BCUT2D eigenvalue weighted by molar-refractivity contribution is 0.281. The highest BCUT2D eigenvalue weighted by Crippen LogP contribution is 2.28. The number of benzene rings is 1. The summed E-state index contributed by atoms with van der Waals surface area (Å²) >= 11 is 0. The Balaban J connectivity index is 2.70. The van der Waals surface area contributed by atoms with Crippen LogP contribution in [-0.2, 0) is 6.61 Å². The first-order valence-corrected chi connectivity index (χ1v) is 4.00. The smallest absolute Gasteiger partial charge is 0.137 e. The molecule has 0 aliphatic rings. The molecule has 0 unspecified atom stereocenters. The molecule has 0 aliphatic heterocycles. The highest BCUT2D eigenvalue weighted by atomic mass is 16.5. The number of rotatable bonds is 2. The molecular weight excluding hydrogens is 168 g/mol. The van der Waals surface area contributed by atoms with Crippen molar-refractivity contribution in [3.63, 3.8) is 0 Å². The molecule has 0 saturated carbocycles. The third-order valence-corrected chi connectivity index (χ3v) is 2.00. The van der Waals surface area contributed by atoms with Crippen LogP contribution in [0.4, 0.5) is 0 Å². The first-order valence-electron chi connectivity index (χ1n) is 4.00. The standard InChI is InChI=1S/C10H10O3/c1-12-9-4-7(6-11)5-10-8(9)2-3-13-10/h2-5,11H,6H2,1H3. The summed E-state index contributed by atoms with van der Waals surface area (Å²) in [6.45, 7) is -0.00694. The van der Waals surface area contributed by atoms with Gasteiger partial charge in [0.25, 0.3) is 0 Å². The van der Waals surface area contributed by atoms with Crippen LogP contribution in [0.3, 0.4) is 0 Å². The molecule has 3 heteroatoms. The van der Waals surface area contributed by atoms with Crippen molar-refractivity contribution in [3.8, 4) is 5.75 Å². The molecule has 0 fully saturated rings. The fraction of sp³-hybridized carbons (Fsp3) is 0.200. The van der Waals surface area contributed by atoms with Gasteiger partial charge in [-0.15, -0.1) is 0 Å². The van der Waals surface area contributed by atoms with Gasteiger partial charge in [-0.3, -0.25) is 0 Å². The third kappa shape index (κ3) is 1.27. The summed E-state index contributed by atoms with van der Waals surface area (Å²) in [5.74, 6) is 0.732. The van der Waals surface area contributed by atoms with Gasteiger partial charge in [0.05, 0.1) is 25.4 Å². The fourth-order valence-corrected chi connectivity index (χ4v) is 1.35. The summed E-state index contributed by atoms with van der Waals surface area (Å²) in [6.07, 6.45) is 1.61. The van der Waals surface area contributed by atoms with Crippen molar-refractivity contribution in [2.45, 2.75) is 6.61 Å². The molecule has 0 aliphatic carbocycles. The van der Waals surface area contributed by atoms with Crippen molar-refractivity contribution in [3.05, 3.63) is 30.0 Å².